The average Bonchev–Trinajstić information content (AvgIpc) is 3.83. The first-order chi connectivity index (χ1) is 32.0. The summed E-state index contributed by atoms with van der Waals surface area (Å²) in [5.41, 5.74) is 13.2. The molecule has 0 saturated carbocycles. The van der Waals surface area contributed by atoms with Gasteiger partial charge in [-0.2, -0.15) is 4.31 Å². The van der Waals surface area contributed by atoms with Crippen molar-refractivity contribution in [1.29, 1.82) is 0 Å². The number of aliphatic hydroxyl groups excluding tert-OH is 2. The minimum atomic E-state index is -5.60. The van der Waals surface area contributed by atoms with Crippen molar-refractivity contribution in [3.63, 3.8) is 0 Å². The molecule has 1 fully saturated rings. The van der Waals surface area contributed by atoms with Gasteiger partial charge >= 0.3 is 23.5 Å². The Morgan fingerprint density at radius 2 is 1.57 bits per heavy atom. The number of ether oxygens (including phenoxy) is 1. The van der Waals surface area contributed by atoms with E-state index in [4.69, 9.17) is 25.0 Å². The summed E-state index contributed by atoms with van der Waals surface area (Å²) >= 11 is 0.938. The summed E-state index contributed by atoms with van der Waals surface area (Å²) in [7, 11) is -16.5. The number of phosphoric acid groups is 3. The predicted molar refractivity (Wildman–Crippen MR) is 246 cm³/mol. The van der Waals surface area contributed by atoms with Crippen LogP contribution in [0.3, 0.4) is 0 Å². The molecular weight excluding hydrogens is 981 g/mol. The first-order valence-electron chi connectivity index (χ1n) is 22.1. The van der Waals surface area contributed by atoms with Gasteiger partial charge in [0.05, 0.1) is 19.5 Å². The second-order valence-electron chi connectivity index (χ2n) is 16.6. The van der Waals surface area contributed by atoms with Gasteiger partial charge in [-0.05, 0) is 12.0 Å². The lowest BCUT2D eigenvalue weighted by atomic mass is 9.87. The van der Waals surface area contributed by atoms with Crippen LogP contribution in [-0.2, 0) is 50.7 Å². The molecule has 1 saturated heterocycles. The number of azide groups is 1. The molecule has 8 atom stereocenters. The van der Waals surface area contributed by atoms with Gasteiger partial charge in [0.15, 0.2) is 22.8 Å². The Labute approximate surface area is 397 Å². The number of nitrogens with one attached hydrogen (secondary N) is 2. The molecule has 2 aromatic heterocycles. The summed E-state index contributed by atoms with van der Waals surface area (Å²) in [5, 5.41) is 29.9. The second kappa shape index (κ2) is 28.7. The third-order valence-electron chi connectivity index (χ3n) is 10.5. The monoisotopic (exact) mass is 1050 g/mol. The van der Waals surface area contributed by atoms with E-state index >= 15 is 0 Å². The van der Waals surface area contributed by atoms with Gasteiger partial charge in [0.25, 0.3) is 0 Å². The summed E-state index contributed by atoms with van der Waals surface area (Å²) in [6.07, 6.45) is 7.40. The number of fused-ring (bicyclic) bond motifs is 1. The highest BCUT2D eigenvalue weighted by Gasteiger charge is 2.50. The number of nitrogens with two attached hydrogens (primary N) is 1. The Morgan fingerprint density at radius 3 is 2.19 bits per heavy atom. The highest BCUT2D eigenvalue weighted by Crippen LogP contribution is 2.61. The van der Waals surface area contributed by atoms with E-state index < -0.39 is 90.6 Å². The molecule has 27 nitrogen and oxygen atoms in total. The van der Waals surface area contributed by atoms with Crippen LogP contribution < -0.4 is 16.4 Å². The van der Waals surface area contributed by atoms with Gasteiger partial charge in [0.2, 0.25) is 11.8 Å². The fourth-order valence-electron chi connectivity index (χ4n) is 6.84. The number of aromatic nitrogens is 4. The number of imidazole rings is 1. The molecule has 2 aromatic rings. The van der Waals surface area contributed by atoms with Crippen LogP contribution in [-0.4, -0.2) is 129 Å². The predicted octanol–water partition coefficient (Wildman–Crippen LogP) is 4.43. The van der Waals surface area contributed by atoms with Crippen molar-refractivity contribution in [1.82, 2.24) is 30.2 Å². The van der Waals surface area contributed by atoms with E-state index in [-0.39, 0.29) is 47.4 Å². The zero-order valence-electron chi connectivity index (χ0n) is 38.2. The molecule has 2 amide bonds. The third-order valence-corrected chi connectivity index (χ3v) is 14.6. The maximum atomic E-state index is 12.8. The smallest absolute Gasteiger partial charge is 0.386 e. The Kier molecular flexibility index (Phi) is 24.9. The topological polar surface area (TPSA) is 412 Å². The zero-order chi connectivity index (χ0) is 50.5. The molecule has 386 valence electrons. The van der Waals surface area contributed by atoms with Crippen molar-refractivity contribution in [3.05, 3.63) is 23.1 Å². The number of carbonyl (C=O) groups excluding carboxylic acids is 3. The lowest BCUT2D eigenvalue weighted by Crippen LogP contribution is -2.46. The molecule has 1 aliphatic heterocycles. The summed E-state index contributed by atoms with van der Waals surface area (Å²) in [5.74, 6) is -1.32. The van der Waals surface area contributed by atoms with Crippen LogP contribution in [0.5, 0.6) is 0 Å². The van der Waals surface area contributed by atoms with Crippen LogP contribution in [0.25, 0.3) is 21.6 Å². The molecule has 0 spiro atoms. The maximum absolute atomic E-state index is 12.8. The number of thioether (sulfide) groups is 1. The molecule has 31 heteroatoms. The lowest BCUT2D eigenvalue weighted by Gasteiger charge is -2.30. The minimum Gasteiger partial charge on any atom is -0.386 e. The molecular formula is C37H65N10O17P3S. The Bertz CT molecular complexity index is 2130. The number of anilines is 1. The van der Waals surface area contributed by atoms with Crippen molar-refractivity contribution in [2.75, 3.05) is 37.8 Å². The average molecular weight is 1050 g/mol. The normalized spacial score (nSPS) is 20.2. The largest absolute Gasteiger partial charge is 0.481 e. The SMILES string of the molecule is CCCCCCCCCCCCCCC(N=[N+]=[N-])C(=O)SCCNC(=O)CCNC(=O)[C@H](O)C(C)(C)COP(=O)(O)OP(=O)(O)OC[C@H]1O[C@@H](n2cnc3c(N)ncnc32)[C@H](O)[C@@H]1OP(=O)(O)O. The van der Waals surface area contributed by atoms with Crippen LogP contribution in [0, 0.1) is 5.41 Å². The summed E-state index contributed by atoms with van der Waals surface area (Å²) in [4.78, 5) is 91.7. The van der Waals surface area contributed by atoms with E-state index in [1.54, 1.807) is 0 Å². The number of aliphatic hydroxyl groups is 2. The van der Waals surface area contributed by atoms with Gasteiger partial charge in [-0.3, -0.25) is 32.5 Å². The highest BCUT2D eigenvalue weighted by molar-refractivity contribution is 8.13. The first-order valence-corrected chi connectivity index (χ1v) is 27.6. The zero-order valence-corrected chi connectivity index (χ0v) is 41.7. The van der Waals surface area contributed by atoms with Gasteiger partial charge in [-0.1, -0.05) is 115 Å². The number of carbonyl (C=O) groups is 3. The molecule has 0 aliphatic carbocycles. The van der Waals surface area contributed by atoms with Crippen molar-refractivity contribution >= 4 is 69.1 Å². The molecule has 0 bridgehead atoms. The third kappa shape index (κ3) is 20.7. The molecule has 1 aliphatic rings. The number of phosphoric ester groups is 3. The van der Waals surface area contributed by atoms with Crippen LogP contribution in [0.2, 0.25) is 0 Å². The van der Waals surface area contributed by atoms with Crippen LogP contribution >= 0.6 is 35.2 Å². The number of hydrogen-bond acceptors (Lipinski definition) is 19. The molecule has 0 aromatic carbocycles. The quantitative estimate of drug-likeness (QED) is 0.0154. The van der Waals surface area contributed by atoms with Crippen molar-refractivity contribution < 1.29 is 80.5 Å². The Hall–Kier alpha value is -3.13. The van der Waals surface area contributed by atoms with Gasteiger partial charge in [-0.25, -0.2) is 28.6 Å². The van der Waals surface area contributed by atoms with Gasteiger partial charge < -0.3 is 50.9 Å². The summed E-state index contributed by atoms with van der Waals surface area (Å²) in [6.45, 7) is 2.51. The molecule has 0 radical (unpaired) electrons. The molecule has 10 N–H and O–H groups in total. The number of rotatable bonds is 34. The fourth-order valence-corrected chi connectivity index (χ4v) is 10.4. The minimum absolute atomic E-state index is 0.0247. The standard InChI is InChI=1S/C37H65N10O17P3S/c1-4-5-6-7-8-9-10-11-12-13-14-15-16-25(45-46-39)36(52)68-20-19-40-27(48)17-18-41-34(51)31(50)37(2,3)22-61-67(58,59)64-66(56,57)60-21-26-30(63-65(53,54)55)29(49)35(62-26)47-24-44-28-32(38)42-23-43-33(28)47/h23-26,29-31,35,49-50H,4-22H2,1-3H3,(H,40,48)(H,41,51)(H,56,57)(H,58,59)(H2,38,42,43)(H2,53,54,55)/t25?,26-,29-,30-,31+,35-/m1/s1. The van der Waals surface area contributed by atoms with Crippen LogP contribution in [0.15, 0.2) is 17.8 Å². The van der Waals surface area contributed by atoms with Crippen molar-refractivity contribution in [2.45, 2.75) is 147 Å². The van der Waals surface area contributed by atoms with E-state index in [1.165, 1.54) is 65.2 Å². The van der Waals surface area contributed by atoms with E-state index in [2.05, 4.69) is 51.4 Å². The maximum Gasteiger partial charge on any atom is 0.481 e. The van der Waals surface area contributed by atoms with Gasteiger partial charge in [-0.15, -0.1) is 0 Å². The number of hydrogen-bond donors (Lipinski definition) is 9. The van der Waals surface area contributed by atoms with Gasteiger partial charge in [0.1, 0.15) is 42.3 Å². The Morgan fingerprint density at radius 1 is 0.956 bits per heavy atom. The second-order valence-corrected chi connectivity index (χ2v) is 22.0. The van der Waals surface area contributed by atoms with Crippen LogP contribution in [0.4, 0.5) is 5.82 Å². The van der Waals surface area contributed by atoms with E-state index in [1.807, 2.05) is 0 Å². The molecule has 3 heterocycles. The first kappa shape index (κ1) is 59.2. The fraction of sp³-hybridized carbons (Fsp3) is 0.784. The number of nitrogen functional groups attached to an aromatic ring is 1. The van der Waals surface area contributed by atoms with E-state index in [9.17, 15) is 57.9 Å². The lowest BCUT2D eigenvalue weighted by molar-refractivity contribution is -0.137. The van der Waals surface area contributed by atoms with Crippen LogP contribution in [0.1, 0.15) is 117 Å². The summed E-state index contributed by atoms with van der Waals surface area (Å²) in [6, 6.07) is -0.805. The van der Waals surface area contributed by atoms with E-state index in [0.717, 1.165) is 54.7 Å². The summed E-state index contributed by atoms with van der Waals surface area (Å²) < 4.78 is 62.4. The Balaban J connectivity index is 1.36. The van der Waals surface area contributed by atoms with Crippen molar-refractivity contribution in [3.8, 4) is 0 Å². The molecule has 68 heavy (non-hydrogen) atoms. The number of unbranched alkanes of at least 4 members (excludes halogenated alkanes) is 11. The molecule has 3 unspecified atom stereocenters. The van der Waals surface area contributed by atoms with E-state index in [0.29, 0.717) is 6.42 Å². The van der Waals surface area contributed by atoms with Crippen molar-refractivity contribution in [2.24, 2.45) is 10.5 Å². The van der Waals surface area contributed by atoms with Gasteiger partial charge in [0, 0.05) is 35.6 Å². The highest BCUT2D eigenvalue weighted by atomic mass is 32.2. The number of nitrogens with zero attached hydrogens (tertiary/aromatic N) is 7. The molecule has 3 rings (SSSR count). The number of amides is 2.